The normalized spacial score (nSPS) is 11.2. The summed E-state index contributed by atoms with van der Waals surface area (Å²) in [4.78, 5) is 14.6. The van der Waals surface area contributed by atoms with Gasteiger partial charge in [0.05, 0.1) is 17.2 Å². The lowest BCUT2D eigenvalue weighted by Gasteiger charge is -2.25. The largest absolute Gasteiger partial charge is 0.343 e. The van der Waals surface area contributed by atoms with E-state index in [0.29, 0.717) is 22.2 Å². The number of sulfone groups is 1. The van der Waals surface area contributed by atoms with Gasteiger partial charge in [-0.25, -0.2) is 8.42 Å². The Hall–Kier alpha value is -2.26. The third kappa shape index (κ3) is 6.61. The molecule has 0 fully saturated rings. The van der Waals surface area contributed by atoms with Crippen molar-refractivity contribution in [1.29, 1.82) is 0 Å². The number of nitrogens with zero attached hydrogens (tertiary/aromatic N) is 1. The van der Waals surface area contributed by atoms with Gasteiger partial charge in [0.15, 0.2) is 20.7 Å². The van der Waals surface area contributed by atoms with Crippen LogP contribution in [0.4, 0.5) is 5.69 Å². The fraction of sp³-hybridized carbons (Fsp3) is 0.182. The lowest BCUT2D eigenvalue weighted by Crippen LogP contribution is -2.37. The Balaban J connectivity index is 1.73. The molecule has 0 unspecified atom stereocenters. The van der Waals surface area contributed by atoms with Gasteiger partial charge in [0.2, 0.25) is 0 Å². The minimum absolute atomic E-state index is 0.0131. The highest BCUT2D eigenvalue weighted by molar-refractivity contribution is 7.91. The average Bonchev–Trinajstić information content (AvgIpc) is 3.25. The maximum Gasteiger partial charge on any atom is 0.180 e. The summed E-state index contributed by atoms with van der Waals surface area (Å²) in [5, 5.41) is 6.01. The third-order valence-electron chi connectivity index (χ3n) is 4.56. The summed E-state index contributed by atoms with van der Waals surface area (Å²) in [7, 11) is -3.49. The van der Waals surface area contributed by atoms with Crippen LogP contribution >= 0.6 is 35.2 Å². The number of carbonyl (C=O) groups excluding carboxylic acids is 1. The zero-order valence-electron chi connectivity index (χ0n) is 16.7. The number of Topliss-reactive ketones (excluding diaryl/α,β-unsaturated/α-hetero) is 1. The molecule has 1 heterocycles. The van der Waals surface area contributed by atoms with Gasteiger partial charge in [-0.1, -0.05) is 17.7 Å². The predicted molar refractivity (Wildman–Crippen MR) is 131 cm³/mol. The molecule has 1 aromatic heterocycles. The van der Waals surface area contributed by atoms with Crippen LogP contribution < -0.4 is 5.32 Å². The van der Waals surface area contributed by atoms with Gasteiger partial charge in [-0.05, 0) is 79.1 Å². The summed E-state index contributed by atoms with van der Waals surface area (Å²) in [6, 6.07) is 17.1. The van der Waals surface area contributed by atoms with Gasteiger partial charge < -0.3 is 10.2 Å². The Morgan fingerprint density at radius 3 is 2.35 bits per heavy atom. The van der Waals surface area contributed by atoms with Crippen LogP contribution in [0.5, 0.6) is 0 Å². The van der Waals surface area contributed by atoms with E-state index in [4.69, 9.17) is 23.8 Å². The monoisotopic (exact) mass is 492 g/mol. The molecule has 1 N–H and O–H groups in total. The Labute approximate surface area is 196 Å². The third-order valence-corrected chi connectivity index (χ3v) is 7.74. The van der Waals surface area contributed by atoms with Crippen LogP contribution in [0, 0.1) is 0 Å². The van der Waals surface area contributed by atoms with E-state index in [1.54, 1.807) is 47.7 Å². The first-order valence-electron chi connectivity index (χ1n) is 9.42. The molecule has 0 radical (unpaired) electrons. The number of hydrogen-bond donors (Lipinski definition) is 1. The van der Waals surface area contributed by atoms with Crippen molar-refractivity contribution in [2.45, 2.75) is 18.4 Å². The number of hydrogen-bond acceptors (Lipinski definition) is 5. The molecule has 0 aliphatic carbocycles. The maximum atomic E-state index is 12.8. The number of ketones is 1. The molecular formula is C22H21ClN2O3S3. The van der Waals surface area contributed by atoms with E-state index in [0.717, 1.165) is 10.6 Å². The smallest absolute Gasteiger partial charge is 0.180 e. The van der Waals surface area contributed by atoms with Gasteiger partial charge >= 0.3 is 0 Å². The summed E-state index contributed by atoms with van der Waals surface area (Å²) in [6.07, 6.45) is 0. The van der Waals surface area contributed by atoms with Crippen molar-refractivity contribution in [2.24, 2.45) is 0 Å². The van der Waals surface area contributed by atoms with E-state index in [-0.39, 0.29) is 23.0 Å². The van der Waals surface area contributed by atoms with Crippen molar-refractivity contribution in [3.63, 3.8) is 0 Å². The van der Waals surface area contributed by atoms with Gasteiger partial charge in [0, 0.05) is 27.7 Å². The first kappa shape index (κ1) is 23.4. The van der Waals surface area contributed by atoms with Crippen LogP contribution in [-0.2, 0) is 16.4 Å². The van der Waals surface area contributed by atoms with Gasteiger partial charge in [-0.15, -0.1) is 11.3 Å². The van der Waals surface area contributed by atoms with E-state index < -0.39 is 9.84 Å². The molecule has 9 heteroatoms. The maximum absolute atomic E-state index is 12.8. The Morgan fingerprint density at radius 2 is 1.77 bits per heavy atom. The summed E-state index contributed by atoms with van der Waals surface area (Å²) in [5.41, 5.74) is 1.34. The number of thiophene rings is 1. The second kappa shape index (κ2) is 10.4. The van der Waals surface area contributed by atoms with Crippen molar-refractivity contribution >= 4 is 61.6 Å². The van der Waals surface area contributed by atoms with Crippen LogP contribution in [0.1, 0.15) is 22.2 Å². The Kier molecular flexibility index (Phi) is 7.83. The van der Waals surface area contributed by atoms with Crippen LogP contribution in [-0.4, -0.2) is 36.5 Å². The average molecular weight is 493 g/mol. The number of halogens is 1. The number of rotatable bonds is 8. The molecule has 0 saturated carbocycles. The quantitative estimate of drug-likeness (QED) is 0.341. The number of thiocarbonyl (C=S) groups is 1. The highest BCUT2D eigenvalue weighted by Gasteiger charge is 2.19. The number of anilines is 1. The SMILES string of the molecule is CC(=O)c1ccc(NC(=S)N(CCS(=O)(=O)c2ccc(Cl)cc2)Cc2cccs2)cc1. The predicted octanol–water partition coefficient (Wildman–Crippen LogP) is 5.28. The van der Waals surface area contributed by atoms with Crippen LogP contribution in [0.25, 0.3) is 0 Å². The summed E-state index contributed by atoms with van der Waals surface area (Å²) in [6.45, 7) is 2.22. The number of carbonyl (C=O) groups is 1. The molecule has 0 atom stereocenters. The fourth-order valence-corrected chi connectivity index (χ4v) is 5.19. The lowest BCUT2D eigenvalue weighted by atomic mass is 10.1. The highest BCUT2D eigenvalue weighted by Crippen LogP contribution is 2.18. The molecule has 0 saturated heterocycles. The molecule has 0 aliphatic rings. The second-order valence-electron chi connectivity index (χ2n) is 6.84. The number of benzene rings is 2. The number of nitrogens with one attached hydrogen (secondary N) is 1. The Bertz CT molecular complexity index is 1140. The van der Waals surface area contributed by atoms with Crippen LogP contribution in [0.2, 0.25) is 5.02 Å². The van der Waals surface area contributed by atoms with E-state index in [2.05, 4.69) is 5.32 Å². The van der Waals surface area contributed by atoms with E-state index >= 15 is 0 Å². The standard InChI is InChI=1S/C22H21ClN2O3S3/c1-16(26)17-4-8-19(9-5-17)24-22(29)25(15-20-3-2-13-30-20)12-14-31(27,28)21-10-6-18(23)7-11-21/h2-11,13H,12,14-15H2,1H3,(H,24,29). The van der Waals surface area contributed by atoms with Gasteiger partial charge in [0.25, 0.3) is 0 Å². The Morgan fingerprint density at radius 1 is 1.10 bits per heavy atom. The van der Waals surface area contributed by atoms with Gasteiger partial charge in [-0.2, -0.15) is 0 Å². The van der Waals surface area contributed by atoms with Crippen molar-refractivity contribution in [2.75, 3.05) is 17.6 Å². The summed E-state index contributed by atoms with van der Waals surface area (Å²) < 4.78 is 25.5. The molecular weight excluding hydrogens is 472 g/mol. The first-order chi connectivity index (χ1) is 14.7. The zero-order valence-corrected chi connectivity index (χ0v) is 20.0. The van der Waals surface area contributed by atoms with Crippen LogP contribution in [0.3, 0.4) is 0 Å². The molecule has 162 valence electrons. The van der Waals surface area contributed by atoms with Crippen LogP contribution in [0.15, 0.2) is 70.9 Å². The lowest BCUT2D eigenvalue weighted by molar-refractivity contribution is 0.101. The van der Waals surface area contributed by atoms with E-state index in [1.807, 2.05) is 22.4 Å². The molecule has 5 nitrogen and oxygen atoms in total. The van der Waals surface area contributed by atoms with Crippen molar-refractivity contribution in [3.8, 4) is 0 Å². The zero-order chi connectivity index (χ0) is 22.4. The summed E-state index contributed by atoms with van der Waals surface area (Å²) >= 11 is 13.0. The molecule has 0 aliphatic heterocycles. The fourth-order valence-electron chi connectivity index (χ4n) is 2.82. The van der Waals surface area contributed by atoms with Gasteiger partial charge in [-0.3, -0.25) is 4.79 Å². The molecule has 0 amide bonds. The minimum Gasteiger partial charge on any atom is -0.343 e. The topological polar surface area (TPSA) is 66.5 Å². The summed E-state index contributed by atoms with van der Waals surface area (Å²) in [5.74, 6) is -0.105. The van der Waals surface area contributed by atoms with E-state index in [1.165, 1.54) is 19.1 Å². The highest BCUT2D eigenvalue weighted by atomic mass is 35.5. The molecule has 0 bridgehead atoms. The van der Waals surface area contributed by atoms with Crippen molar-refractivity contribution < 1.29 is 13.2 Å². The van der Waals surface area contributed by atoms with Crippen molar-refractivity contribution in [3.05, 3.63) is 81.5 Å². The molecule has 31 heavy (non-hydrogen) atoms. The minimum atomic E-state index is -3.49. The second-order valence-corrected chi connectivity index (χ2v) is 10.8. The molecule has 3 aromatic rings. The molecule has 0 spiro atoms. The first-order valence-corrected chi connectivity index (χ1v) is 12.7. The van der Waals surface area contributed by atoms with E-state index in [9.17, 15) is 13.2 Å². The van der Waals surface area contributed by atoms with Gasteiger partial charge in [0.1, 0.15) is 0 Å². The molecule has 3 rings (SSSR count). The van der Waals surface area contributed by atoms with Crippen molar-refractivity contribution in [1.82, 2.24) is 4.90 Å². The molecule has 2 aromatic carbocycles.